The largest absolute Gasteiger partial charge is 0.339 e. The third-order valence-electron chi connectivity index (χ3n) is 4.76. The van der Waals surface area contributed by atoms with Gasteiger partial charge in [0, 0.05) is 26.2 Å². The topological polar surface area (TPSA) is 57.7 Å². The first-order valence-corrected chi connectivity index (χ1v) is 10.4. The van der Waals surface area contributed by atoms with Crippen LogP contribution in [-0.2, 0) is 10.0 Å². The normalized spacial score (nSPS) is 20.1. The Bertz CT molecular complexity index is 707. The molecule has 0 radical (unpaired) electrons. The molecule has 2 heterocycles. The highest BCUT2D eigenvalue weighted by Crippen LogP contribution is 2.26. The molecule has 0 aliphatic carbocycles. The first kappa shape index (κ1) is 17.7. The Balaban J connectivity index is 1.89. The molecule has 0 saturated carbocycles. The Kier molecular flexibility index (Phi) is 5.47. The van der Waals surface area contributed by atoms with Gasteiger partial charge in [0.15, 0.2) is 0 Å². The highest BCUT2D eigenvalue weighted by atomic mass is 35.5. The number of nitrogens with zero attached hydrogens (tertiary/aromatic N) is 2. The average Bonchev–Trinajstić information content (AvgIpc) is 2.98. The Hall–Kier alpha value is -1.11. The Labute approximate surface area is 148 Å². The summed E-state index contributed by atoms with van der Waals surface area (Å²) >= 11 is 6.20. The third-order valence-corrected chi connectivity index (χ3v) is 6.99. The molecule has 1 amide bonds. The molecule has 1 aromatic rings. The molecule has 0 bridgehead atoms. The lowest BCUT2D eigenvalue weighted by atomic mass is 10.2. The van der Waals surface area contributed by atoms with Crippen LogP contribution in [0.3, 0.4) is 0 Å². The monoisotopic (exact) mass is 370 g/mol. The van der Waals surface area contributed by atoms with Crippen LogP contribution in [0.5, 0.6) is 0 Å². The number of carbonyl (C=O) groups excluding carboxylic acids is 1. The van der Waals surface area contributed by atoms with E-state index in [9.17, 15) is 13.2 Å². The fourth-order valence-electron chi connectivity index (χ4n) is 3.35. The standard InChI is InChI=1S/C17H23ClN2O3S/c18-16-8-7-14(24(22,23)20-11-5-6-12-20)13-15(16)17(21)19-9-3-1-2-4-10-19/h7-8,13H,1-6,9-12H2. The van der Waals surface area contributed by atoms with Crippen molar-refractivity contribution in [2.75, 3.05) is 26.2 Å². The molecule has 2 aliphatic rings. The van der Waals surface area contributed by atoms with Gasteiger partial charge in [0.1, 0.15) is 0 Å². The fourth-order valence-corrected chi connectivity index (χ4v) is 5.09. The maximum Gasteiger partial charge on any atom is 0.255 e. The zero-order valence-electron chi connectivity index (χ0n) is 13.7. The smallest absolute Gasteiger partial charge is 0.255 e. The van der Waals surface area contributed by atoms with Crippen molar-refractivity contribution in [3.05, 3.63) is 28.8 Å². The SMILES string of the molecule is O=C(c1cc(S(=O)(=O)N2CCCC2)ccc1Cl)N1CCCCCC1. The molecular weight excluding hydrogens is 348 g/mol. The van der Waals surface area contributed by atoms with Crippen molar-refractivity contribution in [1.29, 1.82) is 0 Å². The second kappa shape index (κ2) is 7.42. The van der Waals surface area contributed by atoms with Crippen LogP contribution >= 0.6 is 11.6 Å². The summed E-state index contributed by atoms with van der Waals surface area (Å²) in [6, 6.07) is 4.47. The number of halogens is 1. The molecule has 0 unspecified atom stereocenters. The van der Waals surface area contributed by atoms with E-state index in [-0.39, 0.29) is 10.8 Å². The first-order chi connectivity index (χ1) is 11.5. The van der Waals surface area contributed by atoms with Crippen LogP contribution in [0, 0.1) is 0 Å². The summed E-state index contributed by atoms with van der Waals surface area (Å²) in [5.41, 5.74) is 0.291. The zero-order chi connectivity index (χ0) is 17.2. The molecule has 0 spiro atoms. The van der Waals surface area contributed by atoms with E-state index in [4.69, 9.17) is 11.6 Å². The number of likely N-dealkylation sites (tertiary alicyclic amines) is 1. The van der Waals surface area contributed by atoms with Crippen molar-refractivity contribution in [3.8, 4) is 0 Å². The Morgan fingerprint density at radius 1 is 0.917 bits per heavy atom. The third kappa shape index (κ3) is 3.60. The minimum Gasteiger partial charge on any atom is -0.339 e. The molecule has 0 N–H and O–H groups in total. The van der Waals surface area contributed by atoms with Crippen LogP contribution in [0.15, 0.2) is 23.1 Å². The van der Waals surface area contributed by atoms with Crippen LogP contribution < -0.4 is 0 Å². The van der Waals surface area contributed by atoms with Gasteiger partial charge in [-0.2, -0.15) is 4.31 Å². The molecule has 1 aromatic carbocycles. The van der Waals surface area contributed by atoms with Gasteiger partial charge in [-0.3, -0.25) is 4.79 Å². The van der Waals surface area contributed by atoms with Crippen LogP contribution in [0.4, 0.5) is 0 Å². The summed E-state index contributed by atoms with van der Waals surface area (Å²) in [7, 11) is -3.55. The molecule has 2 saturated heterocycles. The van der Waals surface area contributed by atoms with Gasteiger partial charge in [-0.05, 0) is 43.9 Å². The molecule has 2 aliphatic heterocycles. The zero-order valence-corrected chi connectivity index (χ0v) is 15.3. The quantitative estimate of drug-likeness (QED) is 0.821. The van der Waals surface area contributed by atoms with Gasteiger partial charge in [-0.15, -0.1) is 0 Å². The minimum atomic E-state index is -3.55. The summed E-state index contributed by atoms with van der Waals surface area (Å²) in [5.74, 6) is -0.166. The van der Waals surface area contributed by atoms with Crippen molar-refractivity contribution in [1.82, 2.24) is 9.21 Å². The molecule has 132 valence electrons. The van der Waals surface area contributed by atoms with Crippen LogP contribution in [0.1, 0.15) is 48.9 Å². The molecule has 0 aromatic heterocycles. The Morgan fingerprint density at radius 3 is 2.12 bits per heavy atom. The van der Waals surface area contributed by atoms with E-state index in [1.165, 1.54) is 22.5 Å². The number of amides is 1. The van der Waals surface area contributed by atoms with Crippen molar-refractivity contribution in [3.63, 3.8) is 0 Å². The van der Waals surface area contributed by atoms with E-state index in [0.29, 0.717) is 36.8 Å². The van der Waals surface area contributed by atoms with E-state index in [2.05, 4.69) is 0 Å². The molecule has 0 atom stereocenters. The average molecular weight is 371 g/mol. The van der Waals surface area contributed by atoms with Crippen molar-refractivity contribution in [2.24, 2.45) is 0 Å². The fraction of sp³-hybridized carbons (Fsp3) is 0.588. The van der Waals surface area contributed by atoms with Crippen molar-refractivity contribution >= 4 is 27.5 Å². The van der Waals surface area contributed by atoms with E-state index >= 15 is 0 Å². The van der Waals surface area contributed by atoms with E-state index in [1.807, 2.05) is 0 Å². The van der Waals surface area contributed by atoms with Gasteiger partial charge in [0.2, 0.25) is 10.0 Å². The summed E-state index contributed by atoms with van der Waals surface area (Å²) < 4.78 is 26.9. The molecular formula is C17H23ClN2O3S. The highest BCUT2D eigenvalue weighted by Gasteiger charge is 2.29. The highest BCUT2D eigenvalue weighted by molar-refractivity contribution is 7.89. The van der Waals surface area contributed by atoms with Crippen molar-refractivity contribution in [2.45, 2.75) is 43.4 Å². The lowest BCUT2D eigenvalue weighted by Gasteiger charge is -2.22. The predicted octanol–water partition coefficient (Wildman–Crippen LogP) is 3.14. The summed E-state index contributed by atoms with van der Waals surface area (Å²) in [6.07, 6.45) is 5.98. The predicted molar refractivity (Wildman–Crippen MR) is 93.8 cm³/mol. The van der Waals surface area contributed by atoms with Gasteiger partial charge < -0.3 is 4.90 Å². The van der Waals surface area contributed by atoms with Crippen LogP contribution in [0.2, 0.25) is 5.02 Å². The number of rotatable bonds is 3. The molecule has 5 nitrogen and oxygen atoms in total. The molecule has 7 heteroatoms. The summed E-state index contributed by atoms with van der Waals surface area (Å²) in [4.78, 5) is 14.8. The summed E-state index contributed by atoms with van der Waals surface area (Å²) in [5, 5.41) is 0.310. The number of sulfonamides is 1. The van der Waals surface area contributed by atoms with Crippen molar-refractivity contribution < 1.29 is 13.2 Å². The lowest BCUT2D eigenvalue weighted by molar-refractivity contribution is 0.0761. The maximum absolute atomic E-state index is 12.8. The molecule has 2 fully saturated rings. The second-order valence-electron chi connectivity index (χ2n) is 6.46. The van der Waals surface area contributed by atoms with Crippen LogP contribution in [0.25, 0.3) is 0 Å². The van der Waals surface area contributed by atoms with Gasteiger partial charge in [-0.1, -0.05) is 24.4 Å². The van der Waals surface area contributed by atoms with Gasteiger partial charge in [0.05, 0.1) is 15.5 Å². The second-order valence-corrected chi connectivity index (χ2v) is 8.80. The van der Waals surface area contributed by atoms with E-state index in [0.717, 1.165) is 38.5 Å². The number of hydrogen-bond acceptors (Lipinski definition) is 3. The van der Waals surface area contributed by atoms with Gasteiger partial charge in [-0.25, -0.2) is 8.42 Å². The van der Waals surface area contributed by atoms with E-state index in [1.54, 1.807) is 4.90 Å². The minimum absolute atomic E-state index is 0.159. The van der Waals surface area contributed by atoms with E-state index < -0.39 is 10.0 Å². The van der Waals surface area contributed by atoms with Crippen LogP contribution in [-0.4, -0.2) is 49.7 Å². The number of benzene rings is 1. The Morgan fingerprint density at radius 2 is 1.50 bits per heavy atom. The maximum atomic E-state index is 12.8. The molecule has 24 heavy (non-hydrogen) atoms. The van der Waals surface area contributed by atoms with Gasteiger partial charge >= 0.3 is 0 Å². The number of carbonyl (C=O) groups is 1. The lowest BCUT2D eigenvalue weighted by Crippen LogP contribution is -2.32. The molecule has 3 rings (SSSR count). The number of hydrogen-bond donors (Lipinski definition) is 0. The first-order valence-electron chi connectivity index (χ1n) is 8.59. The summed E-state index contributed by atoms with van der Waals surface area (Å²) in [6.45, 7) is 2.50. The van der Waals surface area contributed by atoms with Gasteiger partial charge in [0.25, 0.3) is 5.91 Å².